The van der Waals surface area contributed by atoms with Crippen LogP contribution < -0.4 is 29.0 Å². The standard InChI is InChI=1S/C21H21F2NO6/c1-26-16-11-14(3-5-15(16)30-21(22)23)12-24-19(25)6-4-13-9-17(27-2)20-18(10-13)28-7-8-29-20/h3-6,9-11,21H,7-8,12H2,1-2H3,(H,24,25)/b6-4+. The quantitative estimate of drug-likeness (QED) is 0.659. The van der Waals surface area contributed by atoms with E-state index in [0.29, 0.717) is 41.6 Å². The molecule has 0 fully saturated rings. The maximum absolute atomic E-state index is 12.4. The Labute approximate surface area is 172 Å². The highest BCUT2D eigenvalue weighted by Gasteiger charge is 2.18. The molecule has 1 heterocycles. The normalized spacial score (nSPS) is 12.7. The van der Waals surface area contributed by atoms with Crippen molar-refractivity contribution >= 4 is 12.0 Å². The van der Waals surface area contributed by atoms with Crippen LogP contribution in [0.1, 0.15) is 11.1 Å². The number of nitrogens with one attached hydrogen (secondary N) is 1. The summed E-state index contributed by atoms with van der Waals surface area (Å²) < 4.78 is 50.6. The minimum absolute atomic E-state index is 0.0740. The Morgan fingerprint density at radius 2 is 1.87 bits per heavy atom. The Morgan fingerprint density at radius 3 is 2.60 bits per heavy atom. The van der Waals surface area contributed by atoms with Crippen molar-refractivity contribution in [3.05, 3.63) is 47.5 Å². The Hall–Kier alpha value is -3.49. The predicted molar refractivity (Wildman–Crippen MR) is 104 cm³/mol. The van der Waals surface area contributed by atoms with Gasteiger partial charge in [0, 0.05) is 12.6 Å². The number of hydrogen-bond acceptors (Lipinski definition) is 6. The highest BCUT2D eigenvalue weighted by molar-refractivity contribution is 5.91. The molecule has 0 radical (unpaired) electrons. The van der Waals surface area contributed by atoms with Crippen LogP contribution in [0, 0.1) is 0 Å². The van der Waals surface area contributed by atoms with Gasteiger partial charge in [0.15, 0.2) is 23.0 Å². The van der Waals surface area contributed by atoms with Gasteiger partial charge < -0.3 is 29.0 Å². The van der Waals surface area contributed by atoms with E-state index in [1.807, 2.05) is 0 Å². The van der Waals surface area contributed by atoms with Crippen molar-refractivity contribution in [2.24, 2.45) is 0 Å². The first-order valence-corrected chi connectivity index (χ1v) is 9.05. The molecule has 0 saturated carbocycles. The summed E-state index contributed by atoms with van der Waals surface area (Å²) in [5.74, 6) is 1.36. The van der Waals surface area contributed by atoms with Crippen molar-refractivity contribution < 1.29 is 37.3 Å². The zero-order valence-corrected chi connectivity index (χ0v) is 16.4. The third-order valence-electron chi connectivity index (χ3n) is 4.19. The van der Waals surface area contributed by atoms with E-state index in [1.54, 1.807) is 24.3 Å². The third kappa shape index (κ3) is 5.31. The van der Waals surface area contributed by atoms with Crippen LogP contribution in [0.15, 0.2) is 36.4 Å². The summed E-state index contributed by atoms with van der Waals surface area (Å²) in [6, 6.07) is 7.95. The van der Waals surface area contributed by atoms with Gasteiger partial charge in [0.1, 0.15) is 13.2 Å². The van der Waals surface area contributed by atoms with Crippen LogP contribution in [0.5, 0.6) is 28.7 Å². The van der Waals surface area contributed by atoms with Gasteiger partial charge in [0.25, 0.3) is 0 Å². The molecule has 160 valence electrons. The molecule has 1 aliphatic heterocycles. The van der Waals surface area contributed by atoms with E-state index in [1.165, 1.54) is 32.4 Å². The summed E-state index contributed by atoms with van der Waals surface area (Å²) in [5, 5.41) is 2.71. The minimum Gasteiger partial charge on any atom is -0.493 e. The number of fused-ring (bicyclic) bond motifs is 1. The van der Waals surface area contributed by atoms with Gasteiger partial charge in [-0.1, -0.05) is 6.07 Å². The second-order valence-electron chi connectivity index (χ2n) is 6.16. The lowest BCUT2D eigenvalue weighted by Gasteiger charge is -2.20. The molecule has 2 aromatic rings. The van der Waals surface area contributed by atoms with Gasteiger partial charge in [-0.3, -0.25) is 4.79 Å². The Morgan fingerprint density at radius 1 is 1.10 bits per heavy atom. The van der Waals surface area contributed by atoms with Crippen LogP contribution in [-0.4, -0.2) is 40.0 Å². The van der Waals surface area contributed by atoms with Crippen molar-refractivity contribution in [2.75, 3.05) is 27.4 Å². The maximum atomic E-state index is 12.4. The highest BCUT2D eigenvalue weighted by atomic mass is 19.3. The molecule has 1 aliphatic rings. The largest absolute Gasteiger partial charge is 0.493 e. The number of alkyl halides is 2. The number of benzene rings is 2. The molecule has 0 bridgehead atoms. The van der Waals surface area contributed by atoms with E-state index in [9.17, 15) is 13.6 Å². The van der Waals surface area contributed by atoms with E-state index in [2.05, 4.69) is 10.1 Å². The van der Waals surface area contributed by atoms with Crippen LogP contribution in [-0.2, 0) is 11.3 Å². The van der Waals surface area contributed by atoms with E-state index in [-0.39, 0.29) is 24.0 Å². The van der Waals surface area contributed by atoms with Gasteiger partial charge in [-0.2, -0.15) is 8.78 Å². The van der Waals surface area contributed by atoms with E-state index in [0.717, 1.165) is 0 Å². The summed E-state index contributed by atoms with van der Waals surface area (Å²) in [5.41, 5.74) is 1.37. The molecule has 2 aromatic carbocycles. The van der Waals surface area contributed by atoms with Crippen LogP contribution in [0.3, 0.4) is 0 Å². The Balaban J connectivity index is 1.63. The number of carbonyl (C=O) groups is 1. The van der Waals surface area contributed by atoms with Gasteiger partial charge in [0.05, 0.1) is 14.2 Å². The molecule has 0 spiro atoms. The zero-order chi connectivity index (χ0) is 21.5. The summed E-state index contributed by atoms with van der Waals surface area (Å²) in [6.07, 6.45) is 2.99. The first-order valence-electron chi connectivity index (χ1n) is 9.05. The van der Waals surface area contributed by atoms with Crippen LogP contribution >= 0.6 is 0 Å². The lowest BCUT2D eigenvalue weighted by Crippen LogP contribution is -2.20. The average molecular weight is 421 g/mol. The zero-order valence-electron chi connectivity index (χ0n) is 16.4. The number of methoxy groups -OCH3 is 2. The van der Waals surface area contributed by atoms with Gasteiger partial charge in [0.2, 0.25) is 11.7 Å². The molecule has 7 nitrogen and oxygen atoms in total. The van der Waals surface area contributed by atoms with Gasteiger partial charge in [-0.05, 0) is 41.5 Å². The van der Waals surface area contributed by atoms with Gasteiger partial charge >= 0.3 is 6.61 Å². The van der Waals surface area contributed by atoms with Crippen LogP contribution in [0.25, 0.3) is 6.08 Å². The molecule has 0 unspecified atom stereocenters. The molecule has 0 aliphatic carbocycles. The molecule has 30 heavy (non-hydrogen) atoms. The fourth-order valence-electron chi connectivity index (χ4n) is 2.82. The molecule has 1 amide bonds. The van der Waals surface area contributed by atoms with Gasteiger partial charge in [-0.25, -0.2) is 0 Å². The SMILES string of the molecule is COc1cc(CNC(=O)/C=C/c2cc(OC)c3c(c2)OCCO3)ccc1OC(F)F. The molecule has 0 atom stereocenters. The third-order valence-corrected chi connectivity index (χ3v) is 4.19. The average Bonchev–Trinajstić information content (AvgIpc) is 2.75. The molecule has 9 heteroatoms. The van der Waals surface area contributed by atoms with Gasteiger partial charge in [-0.15, -0.1) is 0 Å². The number of ether oxygens (including phenoxy) is 5. The van der Waals surface area contributed by atoms with Crippen molar-refractivity contribution in [1.29, 1.82) is 0 Å². The number of rotatable bonds is 8. The summed E-state index contributed by atoms with van der Waals surface area (Å²) in [7, 11) is 2.88. The van der Waals surface area contributed by atoms with E-state index in [4.69, 9.17) is 18.9 Å². The summed E-state index contributed by atoms with van der Waals surface area (Å²) in [4.78, 5) is 12.2. The topological polar surface area (TPSA) is 75.3 Å². The van der Waals surface area contributed by atoms with Crippen LogP contribution in [0.2, 0.25) is 0 Å². The summed E-state index contributed by atoms with van der Waals surface area (Å²) in [6.45, 7) is -1.89. The van der Waals surface area contributed by atoms with Crippen molar-refractivity contribution in [3.8, 4) is 28.7 Å². The summed E-state index contributed by atoms with van der Waals surface area (Å²) >= 11 is 0. The fraction of sp³-hybridized carbons (Fsp3) is 0.286. The molecule has 0 aromatic heterocycles. The first kappa shape index (κ1) is 21.2. The molecule has 3 rings (SSSR count). The lowest BCUT2D eigenvalue weighted by atomic mass is 10.1. The maximum Gasteiger partial charge on any atom is 0.387 e. The van der Waals surface area contributed by atoms with Crippen molar-refractivity contribution in [3.63, 3.8) is 0 Å². The first-order chi connectivity index (χ1) is 14.5. The minimum atomic E-state index is -2.95. The van der Waals surface area contributed by atoms with Crippen molar-refractivity contribution in [1.82, 2.24) is 5.32 Å². The Kier molecular flexibility index (Phi) is 6.95. The smallest absolute Gasteiger partial charge is 0.387 e. The highest BCUT2D eigenvalue weighted by Crippen LogP contribution is 2.40. The number of carbonyl (C=O) groups excluding carboxylic acids is 1. The number of amides is 1. The Bertz CT molecular complexity index is 915. The molecular formula is C21H21F2NO6. The van der Waals surface area contributed by atoms with E-state index < -0.39 is 6.61 Å². The fourth-order valence-corrected chi connectivity index (χ4v) is 2.82. The lowest BCUT2D eigenvalue weighted by molar-refractivity contribution is -0.116. The molecule has 1 N–H and O–H groups in total. The van der Waals surface area contributed by atoms with Crippen LogP contribution in [0.4, 0.5) is 8.78 Å². The second-order valence-corrected chi connectivity index (χ2v) is 6.16. The van der Waals surface area contributed by atoms with Crippen molar-refractivity contribution in [2.45, 2.75) is 13.2 Å². The second kappa shape index (κ2) is 9.82. The molecular weight excluding hydrogens is 400 g/mol. The number of halogens is 2. The predicted octanol–water partition coefficient (Wildman–Crippen LogP) is 3.41. The van der Waals surface area contributed by atoms with E-state index >= 15 is 0 Å². The monoisotopic (exact) mass is 421 g/mol. The number of hydrogen-bond donors (Lipinski definition) is 1. The molecule has 0 saturated heterocycles.